The van der Waals surface area contributed by atoms with Gasteiger partial charge in [0, 0.05) is 18.3 Å². The van der Waals surface area contributed by atoms with Gasteiger partial charge in [0.05, 0.1) is 13.1 Å². The van der Waals surface area contributed by atoms with Crippen LogP contribution >= 0.6 is 0 Å². The standard InChI is InChI=1S/C17H21FN2O/c1-12(2)19-10-15-5-6-16(21-15)11-20-8-7-13-3-4-14(18)9-17(13)20/h3-6,9,12,19H,7-8,10-11H2,1-2H3. The molecule has 0 saturated carbocycles. The third-order valence-electron chi connectivity index (χ3n) is 3.79. The van der Waals surface area contributed by atoms with E-state index in [0.717, 1.165) is 36.7 Å². The smallest absolute Gasteiger partial charge is 0.125 e. The van der Waals surface area contributed by atoms with Gasteiger partial charge in [-0.15, -0.1) is 0 Å². The van der Waals surface area contributed by atoms with Crippen molar-refractivity contribution in [3.8, 4) is 0 Å². The summed E-state index contributed by atoms with van der Waals surface area (Å²) in [7, 11) is 0. The summed E-state index contributed by atoms with van der Waals surface area (Å²) < 4.78 is 19.2. The van der Waals surface area contributed by atoms with Crippen molar-refractivity contribution >= 4 is 5.69 Å². The monoisotopic (exact) mass is 288 g/mol. The van der Waals surface area contributed by atoms with E-state index in [0.29, 0.717) is 12.6 Å². The van der Waals surface area contributed by atoms with E-state index in [9.17, 15) is 4.39 Å². The molecule has 2 heterocycles. The molecule has 21 heavy (non-hydrogen) atoms. The summed E-state index contributed by atoms with van der Waals surface area (Å²) in [5.74, 6) is 1.69. The van der Waals surface area contributed by atoms with Crippen molar-refractivity contribution in [2.75, 3.05) is 11.4 Å². The highest BCUT2D eigenvalue weighted by molar-refractivity contribution is 5.58. The lowest BCUT2D eigenvalue weighted by Crippen LogP contribution is -2.21. The van der Waals surface area contributed by atoms with Gasteiger partial charge in [-0.25, -0.2) is 4.39 Å². The topological polar surface area (TPSA) is 28.4 Å². The van der Waals surface area contributed by atoms with E-state index in [4.69, 9.17) is 4.42 Å². The minimum absolute atomic E-state index is 0.179. The Morgan fingerprint density at radius 2 is 2.05 bits per heavy atom. The van der Waals surface area contributed by atoms with Gasteiger partial charge in [0.1, 0.15) is 17.3 Å². The van der Waals surface area contributed by atoms with E-state index in [1.165, 1.54) is 11.6 Å². The van der Waals surface area contributed by atoms with Crippen molar-refractivity contribution in [3.05, 3.63) is 53.2 Å². The summed E-state index contributed by atoms with van der Waals surface area (Å²) in [5, 5.41) is 3.33. The zero-order chi connectivity index (χ0) is 14.8. The number of anilines is 1. The molecule has 0 radical (unpaired) electrons. The Morgan fingerprint density at radius 3 is 2.86 bits per heavy atom. The van der Waals surface area contributed by atoms with Gasteiger partial charge >= 0.3 is 0 Å². The predicted octanol–water partition coefficient (Wildman–Crippen LogP) is 3.48. The van der Waals surface area contributed by atoms with E-state index in [1.54, 1.807) is 6.07 Å². The molecule has 0 fully saturated rings. The average molecular weight is 288 g/mol. The molecule has 0 spiro atoms. The van der Waals surface area contributed by atoms with Gasteiger partial charge in [0.25, 0.3) is 0 Å². The van der Waals surface area contributed by atoms with Crippen LogP contribution in [0.15, 0.2) is 34.7 Å². The van der Waals surface area contributed by atoms with Gasteiger partial charge < -0.3 is 14.6 Å². The SMILES string of the molecule is CC(C)NCc1ccc(CN2CCc3ccc(F)cc32)o1. The fraction of sp³-hybridized carbons (Fsp3) is 0.412. The largest absolute Gasteiger partial charge is 0.463 e. The van der Waals surface area contributed by atoms with Gasteiger partial charge in [-0.2, -0.15) is 0 Å². The Bertz CT molecular complexity index is 621. The fourth-order valence-corrected chi connectivity index (χ4v) is 2.68. The molecular weight excluding hydrogens is 267 g/mol. The van der Waals surface area contributed by atoms with Crippen LogP contribution in [0.1, 0.15) is 30.9 Å². The van der Waals surface area contributed by atoms with Crippen LogP contribution in [0, 0.1) is 5.82 Å². The molecule has 1 aliphatic heterocycles. The summed E-state index contributed by atoms with van der Waals surface area (Å²) in [4.78, 5) is 2.18. The van der Waals surface area contributed by atoms with Gasteiger partial charge in [-0.05, 0) is 36.2 Å². The van der Waals surface area contributed by atoms with Gasteiger partial charge in [-0.1, -0.05) is 19.9 Å². The minimum atomic E-state index is -0.179. The lowest BCUT2D eigenvalue weighted by Gasteiger charge is -2.17. The van der Waals surface area contributed by atoms with Crippen molar-refractivity contribution in [1.82, 2.24) is 5.32 Å². The van der Waals surface area contributed by atoms with Crippen molar-refractivity contribution in [3.63, 3.8) is 0 Å². The minimum Gasteiger partial charge on any atom is -0.463 e. The summed E-state index contributed by atoms with van der Waals surface area (Å²) in [5.41, 5.74) is 2.21. The van der Waals surface area contributed by atoms with Gasteiger partial charge in [0.2, 0.25) is 0 Å². The molecular formula is C17H21FN2O. The lowest BCUT2D eigenvalue weighted by molar-refractivity contribution is 0.433. The van der Waals surface area contributed by atoms with Crippen LogP contribution in [0.25, 0.3) is 0 Å². The quantitative estimate of drug-likeness (QED) is 0.913. The molecule has 0 bridgehead atoms. The normalized spacial score (nSPS) is 14.0. The van der Waals surface area contributed by atoms with E-state index in [2.05, 4.69) is 24.1 Å². The number of halogens is 1. The molecule has 0 atom stereocenters. The number of hydrogen-bond acceptors (Lipinski definition) is 3. The molecule has 4 heteroatoms. The van der Waals surface area contributed by atoms with Crippen LogP contribution in [-0.4, -0.2) is 12.6 Å². The number of hydrogen-bond donors (Lipinski definition) is 1. The van der Waals surface area contributed by atoms with E-state index in [-0.39, 0.29) is 5.82 Å². The van der Waals surface area contributed by atoms with Crippen LogP contribution in [0.2, 0.25) is 0 Å². The molecule has 1 aromatic heterocycles. The van der Waals surface area contributed by atoms with E-state index < -0.39 is 0 Å². The molecule has 0 aliphatic carbocycles. The summed E-state index contributed by atoms with van der Waals surface area (Å²) in [6.45, 7) is 6.57. The number of furan rings is 1. The number of rotatable bonds is 5. The third kappa shape index (κ3) is 3.27. The predicted molar refractivity (Wildman–Crippen MR) is 81.8 cm³/mol. The molecule has 0 amide bonds. The molecule has 3 rings (SSSR count). The molecule has 1 N–H and O–H groups in total. The Kier molecular flexibility index (Phi) is 3.97. The summed E-state index contributed by atoms with van der Waals surface area (Å²) in [6, 6.07) is 9.48. The molecule has 112 valence electrons. The third-order valence-corrected chi connectivity index (χ3v) is 3.79. The zero-order valence-electron chi connectivity index (χ0n) is 12.5. The molecule has 0 unspecified atom stereocenters. The highest BCUT2D eigenvalue weighted by Crippen LogP contribution is 2.30. The number of nitrogens with one attached hydrogen (secondary N) is 1. The second kappa shape index (κ2) is 5.90. The maximum absolute atomic E-state index is 13.4. The van der Waals surface area contributed by atoms with Crippen LogP contribution < -0.4 is 10.2 Å². The number of fused-ring (bicyclic) bond motifs is 1. The highest BCUT2D eigenvalue weighted by atomic mass is 19.1. The number of nitrogens with zero attached hydrogens (tertiary/aromatic N) is 1. The molecule has 1 aliphatic rings. The molecule has 1 aromatic carbocycles. The lowest BCUT2D eigenvalue weighted by atomic mass is 10.2. The van der Waals surface area contributed by atoms with E-state index >= 15 is 0 Å². The van der Waals surface area contributed by atoms with Crippen molar-refractivity contribution in [2.24, 2.45) is 0 Å². The maximum Gasteiger partial charge on any atom is 0.125 e. The second-order valence-corrected chi connectivity index (χ2v) is 5.85. The van der Waals surface area contributed by atoms with Crippen LogP contribution in [0.4, 0.5) is 10.1 Å². The van der Waals surface area contributed by atoms with Crippen molar-refractivity contribution < 1.29 is 8.81 Å². The van der Waals surface area contributed by atoms with Crippen LogP contribution in [-0.2, 0) is 19.5 Å². The van der Waals surface area contributed by atoms with Crippen molar-refractivity contribution in [1.29, 1.82) is 0 Å². The Balaban J connectivity index is 1.67. The Labute approximate surface area is 124 Å². The molecule has 2 aromatic rings. The van der Waals surface area contributed by atoms with E-state index in [1.807, 2.05) is 18.2 Å². The first-order valence-corrected chi connectivity index (χ1v) is 7.46. The highest BCUT2D eigenvalue weighted by Gasteiger charge is 2.20. The van der Waals surface area contributed by atoms with Crippen LogP contribution in [0.5, 0.6) is 0 Å². The summed E-state index contributed by atoms with van der Waals surface area (Å²) >= 11 is 0. The second-order valence-electron chi connectivity index (χ2n) is 5.85. The molecule has 0 saturated heterocycles. The Morgan fingerprint density at radius 1 is 1.24 bits per heavy atom. The first kappa shape index (κ1) is 14.1. The Hall–Kier alpha value is -1.81. The van der Waals surface area contributed by atoms with Crippen molar-refractivity contribution in [2.45, 2.75) is 39.4 Å². The average Bonchev–Trinajstić information content (AvgIpc) is 3.05. The maximum atomic E-state index is 13.4. The van der Waals surface area contributed by atoms with Gasteiger partial charge in [0.15, 0.2) is 0 Å². The first-order valence-electron chi connectivity index (χ1n) is 7.46. The van der Waals surface area contributed by atoms with Gasteiger partial charge in [-0.3, -0.25) is 0 Å². The molecule has 3 nitrogen and oxygen atoms in total. The number of benzene rings is 1. The van der Waals surface area contributed by atoms with Crippen LogP contribution in [0.3, 0.4) is 0 Å². The zero-order valence-corrected chi connectivity index (χ0v) is 12.5. The fourth-order valence-electron chi connectivity index (χ4n) is 2.68. The summed E-state index contributed by atoms with van der Waals surface area (Å²) in [6.07, 6.45) is 0.970. The first-order chi connectivity index (χ1) is 10.1.